The topological polar surface area (TPSA) is 89.9 Å². The number of nitrogens with zero attached hydrogens (tertiary/aromatic N) is 3. The zero-order valence-electron chi connectivity index (χ0n) is 9.51. The lowest BCUT2D eigenvalue weighted by atomic mass is 10.3. The third-order valence-corrected chi connectivity index (χ3v) is 2.41. The molecule has 2 heterocycles. The lowest BCUT2D eigenvalue weighted by Crippen LogP contribution is -2.19. The molecule has 0 spiro atoms. The Morgan fingerprint density at radius 3 is 3.06 bits per heavy atom. The van der Waals surface area contributed by atoms with Gasteiger partial charge in [0, 0.05) is 0 Å². The number of hydrogen-bond donors (Lipinski definition) is 1. The monoisotopic (exact) mass is 236 g/mol. The van der Waals surface area contributed by atoms with E-state index in [0.717, 1.165) is 0 Å². The van der Waals surface area contributed by atoms with Crippen molar-refractivity contribution in [2.45, 2.75) is 19.9 Å². The van der Waals surface area contributed by atoms with Crippen LogP contribution in [-0.4, -0.2) is 32.1 Å². The quantitative estimate of drug-likeness (QED) is 0.771. The lowest BCUT2D eigenvalue weighted by Gasteiger charge is -2.11. The van der Waals surface area contributed by atoms with Gasteiger partial charge >= 0.3 is 5.97 Å². The van der Waals surface area contributed by atoms with Gasteiger partial charge in [0.2, 0.25) is 0 Å². The molecule has 0 aliphatic heterocycles. The Balaban J connectivity index is 2.46. The minimum absolute atomic E-state index is 0.212. The molecule has 7 nitrogen and oxygen atoms in total. The van der Waals surface area contributed by atoms with Crippen LogP contribution in [0.15, 0.2) is 17.4 Å². The summed E-state index contributed by atoms with van der Waals surface area (Å²) in [7, 11) is 0. The van der Waals surface area contributed by atoms with Crippen LogP contribution in [0.2, 0.25) is 0 Å². The van der Waals surface area contributed by atoms with Gasteiger partial charge in [-0.2, -0.15) is 0 Å². The molecule has 90 valence electrons. The summed E-state index contributed by atoms with van der Waals surface area (Å²) in [6.07, 6.45) is 2.69. The Morgan fingerprint density at radius 2 is 2.35 bits per heavy atom. The molecule has 0 amide bonds. The van der Waals surface area contributed by atoms with Crippen LogP contribution >= 0.6 is 0 Å². The maximum Gasteiger partial charge on any atom is 0.328 e. The number of aromatic nitrogens is 4. The highest BCUT2D eigenvalue weighted by molar-refractivity contribution is 5.77. The Hall–Kier alpha value is -2.18. The van der Waals surface area contributed by atoms with Gasteiger partial charge in [-0.15, -0.1) is 0 Å². The van der Waals surface area contributed by atoms with Crippen molar-refractivity contribution in [1.82, 2.24) is 19.5 Å². The normalized spacial score (nSPS) is 12.6. The number of nitrogens with one attached hydrogen (secondary N) is 1. The Bertz CT molecular complexity index is 601. The Kier molecular flexibility index (Phi) is 2.90. The van der Waals surface area contributed by atoms with Crippen LogP contribution in [0.1, 0.15) is 19.9 Å². The average Bonchev–Trinajstić information content (AvgIpc) is 2.73. The first-order chi connectivity index (χ1) is 8.15. The first kappa shape index (κ1) is 11.3. The van der Waals surface area contributed by atoms with E-state index in [-0.39, 0.29) is 17.0 Å². The fourth-order valence-electron chi connectivity index (χ4n) is 1.52. The number of H-pyrrole nitrogens is 1. The molecule has 0 saturated carbocycles. The maximum absolute atomic E-state index is 11.6. The van der Waals surface area contributed by atoms with Crippen molar-refractivity contribution in [3.63, 3.8) is 0 Å². The Labute approximate surface area is 96.5 Å². The van der Waals surface area contributed by atoms with E-state index in [1.807, 2.05) is 0 Å². The van der Waals surface area contributed by atoms with E-state index in [1.54, 1.807) is 13.8 Å². The van der Waals surface area contributed by atoms with Crippen molar-refractivity contribution >= 4 is 17.1 Å². The van der Waals surface area contributed by atoms with Gasteiger partial charge in [0.05, 0.1) is 19.3 Å². The van der Waals surface area contributed by atoms with Crippen molar-refractivity contribution in [2.75, 3.05) is 6.61 Å². The molecule has 0 aliphatic carbocycles. The van der Waals surface area contributed by atoms with Gasteiger partial charge in [0.25, 0.3) is 5.56 Å². The highest BCUT2D eigenvalue weighted by Gasteiger charge is 2.19. The van der Waals surface area contributed by atoms with Gasteiger partial charge < -0.3 is 14.3 Å². The van der Waals surface area contributed by atoms with Crippen molar-refractivity contribution in [3.05, 3.63) is 23.0 Å². The van der Waals surface area contributed by atoms with E-state index < -0.39 is 6.04 Å². The summed E-state index contributed by atoms with van der Waals surface area (Å²) in [5.74, 6) is -0.381. The number of hydrogen-bond acceptors (Lipinski definition) is 5. The molecule has 1 atom stereocenters. The zero-order valence-corrected chi connectivity index (χ0v) is 9.51. The number of aromatic amines is 1. The van der Waals surface area contributed by atoms with Gasteiger partial charge in [0.1, 0.15) is 6.04 Å². The van der Waals surface area contributed by atoms with Crippen LogP contribution in [0.4, 0.5) is 0 Å². The van der Waals surface area contributed by atoms with Crippen molar-refractivity contribution in [3.8, 4) is 0 Å². The second-order valence-electron chi connectivity index (χ2n) is 3.48. The molecule has 0 saturated heterocycles. The number of rotatable bonds is 3. The van der Waals surface area contributed by atoms with Crippen LogP contribution < -0.4 is 5.56 Å². The van der Waals surface area contributed by atoms with Crippen LogP contribution in [0, 0.1) is 0 Å². The van der Waals surface area contributed by atoms with E-state index in [4.69, 9.17) is 4.74 Å². The van der Waals surface area contributed by atoms with E-state index in [9.17, 15) is 9.59 Å². The fraction of sp³-hybridized carbons (Fsp3) is 0.400. The maximum atomic E-state index is 11.6. The second kappa shape index (κ2) is 4.36. The minimum atomic E-state index is -0.561. The molecule has 0 bridgehead atoms. The molecule has 1 unspecified atom stereocenters. The summed E-state index contributed by atoms with van der Waals surface area (Å²) >= 11 is 0. The summed E-state index contributed by atoms with van der Waals surface area (Å²) in [6, 6.07) is -0.561. The van der Waals surface area contributed by atoms with Gasteiger partial charge in [-0.25, -0.2) is 14.8 Å². The predicted molar refractivity (Wildman–Crippen MR) is 59.5 cm³/mol. The molecule has 17 heavy (non-hydrogen) atoms. The van der Waals surface area contributed by atoms with E-state index in [2.05, 4.69) is 15.0 Å². The van der Waals surface area contributed by atoms with Crippen molar-refractivity contribution in [1.29, 1.82) is 0 Å². The molecule has 0 radical (unpaired) electrons. The molecular weight excluding hydrogens is 224 g/mol. The summed E-state index contributed by atoms with van der Waals surface area (Å²) in [5, 5.41) is 0. The highest BCUT2D eigenvalue weighted by Crippen LogP contribution is 2.13. The molecule has 0 aromatic carbocycles. The summed E-state index contributed by atoms with van der Waals surface area (Å²) < 4.78 is 6.42. The minimum Gasteiger partial charge on any atom is -0.464 e. The fourth-order valence-corrected chi connectivity index (χ4v) is 1.52. The van der Waals surface area contributed by atoms with Gasteiger partial charge in [-0.3, -0.25) is 4.79 Å². The molecule has 0 fully saturated rings. The van der Waals surface area contributed by atoms with Crippen LogP contribution in [0.5, 0.6) is 0 Å². The third-order valence-electron chi connectivity index (χ3n) is 2.41. The molecular formula is C10H12N4O3. The molecule has 2 aromatic rings. The SMILES string of the molecule is CCOC(=O)C(C)n1cnc2c(=O)[nH]cnc21. The smallest absolute Gasteiger partial charge is 0.328 e. The second-order valence-corrected chi connectivity index (χ2v) is 3.48. The molecule has 2 aromatic heterocycles. The van der Waals surface area contributed by atoms with Crippen molar-refractivity contribution in [2.24, 2.45) is 0 Å². The Morgan fingerprint density at radius 1 is 1.59 bits per heavy atom. The zero-order chi connectivity index (χ0) is 12.4. The van der Waals surface area contributed by atoms with Gasteiger partial charge in [0.15, 0.2) is 11.2 Å². The number of carbonyl (C=O) groups excluding carboxylic acids is 1. The predicted octanol–water partition coefficient (Wildman–Crippen LogP) is 0.244. The molecule has 1 N–H and O–H groups in total. The largest absolute Gasteiger partial charge is 0.464 e. The number of carbonyl (C=O) groups is 1. The van der Waals surface area contributed by atoms with Gasteiger partial charge in [-0.05, 0) is 13.8 Å². The lowest BCUT2D eigenvalue weighted by molar-refractivity contribution is -0.146. The van der Waals surface area contributed by atoms with E-state index >= 15 is 0 Å². The summed E-state index contributed by atoms with van der Waals surface area (Å²) in [6.45, 7) is 3.71. The summed E-state index contributed by atoms with van der Waals surface area (Å²) in [5.41, 5.74) is 0.253. The highest BCUT2D eigenvalue weighted by atomic mass is 16.5. The number of ether oxygens (including phenoxy) is 1. The third kappa shape index (κ3) is 1.91. The summed E-state index contributed by atoms with van der Waals surface area (Å²) in [4.78, 5) is 33.4. The van der Waals surface area contributed by atoms with E-state index in [1.165, 1.54) is 17.2 Å². The van der Waals surface area contributed by atoms with Crippen LogP contribution in [0.25, 0.3) is 11.2 Å². The molecule has 7 heteroatoms. The molecule has 0 aliphatic rings. The standard InChI is InChI=1S/C10H12N4O3/c1-3-17-10(16)6(2)14-5-13-7-8(14)11-4-12-9(7)15/h4-6H,3H2,1-2H3,(H,11,12,15). The number of esters is 1. The van der Waals surface area contributed by atoms with E-state index in [0.29, 0.717) is 12.3 Å². The number of imidazole rings is 1. The van der Waals surface area contributed by atoms with Gasteiger partial charge in [-0.1, -0.05) is 0 Å². The molecule has 2 rings (SSSR count). The van der Waals surface area contributed by atoms with Crippen LogP contribution in [0.3, 0.4) is 0 Å². The van der Waals surface area contributed by atoms with Crippen molar-refractivity contribution < 1.29 is 9.53 Å². The average molecular weight is 236 g/mol. The first-order valence-corrected chi connectivity index (χ1v) is 5.22. The first-order valence-electron chi connectivity index (χ1n) is 5.22. The number of fused-ring (bicyclic) bond motifs is 1. The van der Waals surface area contributed by atoms with Crippen LogP contribution in [-0.2, 0) is 9.53 Å².